The average Bonchev–Trinajstić information content (AvgIpc) is 3.32. The maximum absolute atomic E-state index is 13.5. The van der Waals surface area contributed by atoms with Crippen molar-refractivity contribution in [3.05, 3.63) is 98.4 Å². The number of aliphatic imine (C=N–C) groups is 1. The third kappa shape index (κ3) is 3.75. The van der Waals surface area contributed by atoms with Crippen LogP contribution in [-0.4, -0.2) is 18.9 Å². The summed E-state index contributed by atoms with van der Waals surface area (Å²) in [4.78, 5) is 20.6. The van der Waals surface area contributed by atoms with E-state index in [2.05, 4.69) is 15.9 Å². The minimum atomic E-state index is -0.207. The lowest BCUT2D eigenvalue weighted by Crippen LogP contribution is -2.32. The molecule has 1 aliphatic rings. The van der Waals surface area contributed by atoms with E-state index in [0.717, 1.165) is 25.0 Å². The van der Waals surface area contributed by atoms with Gasteiger partial charge in [0, 0.05) is 14.6 Å². The van der Waals surface area contributed by atoms with Gasteiger partial charge in [-0.15, -0.1) is 11.3 Å². The molecule has 0 bridgehead atoms. The van der Waals surface area contributed by atoms with E-state index in [-0.39, 0.29) is 5.91 Å². The Balaban J connectivity index is 1.66. The van der Waals surface area contributed by atoms with Crippen molar-refractivity contribution in [3.63, 3.8) is 0 Å². The van der Waals surface area contributed by atoms with E-state index in [0.29, 0.717) is 28.0 Å². The highest BCUT2D eigenvalue weighted by molar-refractivity contribution is 9.10. The highest BCUT2D eigenvalue weighted by Gasteiger charge is 2.35. The number of carbonyl (C=O) groups is 1. The van der Waals surface area contributed by atoms with Crippen LogP contribution in [0.1, 0.15) is 10.4 Å². The maximum atomic E-state index is 13.5. The Kier molecular flexibility index (Phi) is 5.59. The van der Waals surface area contributed by atoms with Gasteiger partial charge in [-0.05, 0) is 54.1 Å². The monoisotopic (exact) mass is 522 g/mol. The lowest BCUT2D eigenvalue weighted by atomic mass is 10.2. The average molecular weight is 524 g/mol. The molecule has 4 aromatic rings. The van der Waals surface area contributed by atoms with Crippen LogP contribution in [0.25, 0.3) is 16.2 Å². The summed E-state index contributed by atoms with van der Waals surface area (Å²) in [5.74, 6) is 1.03. The Hall–Kier alpha value is -2.93. The van der Waals surface area contributed by atoms with Gasteiger partial charge in [0.05, 0.1) is 22.7 Å². The second-order valence-corrected chi connectivity index (χ2v) is 9.44. The number of halogens is 2. The molecule has 0 spiro atoms. The van der Waals surface area contributed by atoms with Gasteiger partial charge in [0.2, 0.25) is 0 Å². The third-order valence-corrected chi connectivity index (χ3v) is 7.30. The van der Waals surface area contributed by atoms with Gasteiger partial charge in [0.15, 0.2) is 5.84 Å². The van der Waals surface area contributed by atoms with E-state index < -0.39 is 0 Å². The number of amidine groups is 1. The number of rotatable bonds is 4. The van der Waals surface area contributed by atoms with Crippen LogP contribution < -0.4 is 9.64 Å². The number of ether oxygens (including phenoxy) is 1. The van der Waals surface area contributed by atoms with Crippen molar-refractivity contribution < 1.29 is 9.53 Å². The van der Waals surface area contributed by atoms with Crippen LogP contribution >= 0.6 is 38.9 Å². The van der Waals surface area contributed by atoms with Crippen molar-refractivity contribution in [2.24, 2.45) is 4.99 Å². The zero-order valence-electron chi connectivity index (χ0n) is 16.9. The quantitative estimate of drug-likeness (QED) is 0.266. The van der Waals surface area contributed by atoms with Crippen LogP contribution in [-0.2, 0) is 4.79 Å². The minimum absolute atomic E-state index is 0.207. The lowest BCUT2D eigenvalue weighted by molar-refractivity contribution is -0.113. The number of carbonyl (C=O) groups excluding carboxylic acids is 1. The molecule has 4 nitrogen and oxygen atoms in total. The van der Waals surface area contributed by atoms with Gasteiger partial charge in [-0.25, -0.2) is 4.99 Å². The highest BCUT2D eigenvalue weighted by atomic mass is 79.9. The molecule has 0 unspecified atom stereocenters. The molecule has 32 heavy (non-hydrogen) atoms. The zero-order chi connectivity index (χ0) is 22.2. The van der Waals surface area contributed by atoms with Crippen molar-refractivity contribution in [2.75, 3.05) is 12.0 Å². The summed E-state index contributed by atoms with van der Waals surface area (Å²) >= 11 is 11.7. The Morgan fingerprint density at radius 2 is 1.75 bits per heavy atom. The van der Waals surface area contributed by atoms with Crippen molar-refractivity contribution >= 4 is 72.5 Å². The largest absolute Gasteiger partial charge is 0.497 e. The Morgan fingerprint density at radius 3 is 2.44 bits per heavy atom. The fourth-order valence-corrected chi connectivity index (χ4v) is 5.27. The van der Waals surface area contributed by atoms with Crippen LogP contribution in [0.15, 0.2) is 88.0 Å². The molecule has 0 atom stereocenters. The number of nitrogens with zero attached hydrogens (tertiary/aromatic N) is 2. The molecule has 0 radical (unpaired) electrons. The van der Waals surface area contributed by atoms with Gasteiger partial charge in [0.25, 0.3) is 5.91 Å². The first kappa shape index (κ1) is 20.9. The minimum Gasteiger partial charge on any atom is -0.497 e. The maximum Gasteiger partial charge on any atom is 0.282 e. The molecule has 3 aromatic carbocycles. The van der Waals surface area contributed by atoms with E-state index in [1.165, 1.54) is 11.3 Å². The van der Waals surface area contributed by atoms with Gasteiger partial charge in [-0.1, -0.05) is 57.9 Å². The number of hydrogen-bond acceptors (Lipinski definition) is 4. The molecule has 0 aliphatic carbocycles. The molecule has 7 heteroatoms. The summed E-state index contributed by atoms with van der Waals surface area (Å²) < 4.78 is 7.29. The SMILES string of the molecule is COc1ccc(N2C(=O)/C(=C\c3ccc(Br)cc3)N=C2c2sc3ccccc3c2Cl)cc1. The van der Waals surface area contributed by atoms with E-state index >= 15 is 0 Å². The normalized spacial score (nSPS) is 15.0. The van der Waals surface area contributed by atoms with Gasteiger partial charge >= 0.3 is 0 Å². The Labute approximate surface area is 202 Å². The molecule has 1 aliphatic heterocycles. The van der Waals surface area contributed by atoms with E-state index in [1.54, 1.807) is 18.1 Å². The molecule has 158 valence electrons. The van der Waals surface area contributed by atoms with Crippen LogP contribution in [0.4, 0.5) is 5.69 Å². The van der Waals surface area contributed by atoms with E-state index in [4.69, 9.17) is 21.3 Å². The standard InChI is InChI=1S/C25H16BrClN2O2S/c1-31-18-12-10-17(11-13-18)29-24(23-22(27)19-4-2-3-5-21(19)32-23)28-20(25(29)30)14-15-6-8-16(26)9-7-15/h2-14H,1H3/b20-14+. The Bertz CT molecular complexity index is 1390. The number of anilines is 1. The number of fused-ring (bicyclic) bond motifs is 1. The molecule has 0 saturated carbocycles. The predicted molar refractivity (Wildman–Crippen MR) is 136 cm³/mol. The number of amides is 1. The first-order valence-electron chi connectivity index (χ1n) is 9.77. The Morgan fingerprint density at radius 1 is 1.03 bits per heavy atom. The van der Waals surface area contributed by atoms with Gasteiger partial charge < -0.3 is 4.74 Å². The summed E-state index contributed by atoms with van der Waals surface area (Å²) in [6, 6.07) is 23.0. The van der Waals surface area contributed by atoms with Crippen molar-refractivity contribution in [2.45, 2.75) is 0 Å². The fourth-order valence-electron chi connectivity index (χ4n) is 3.51. The van der Waals surface area contributed by atoms with Crippen LogP contribution in [0, 0.1) is 0 Å². The van der Waals surface area contributed by atoms with Gasteiger partial charge in [-0.2, -0.15) is 0 Å². The van der Waals surface area contributed by atoms with Crippen LogP contribution in [0.2, 0.25) is 5.02 Å². The summed E-state index contributed by atoms with van der Waals surface area (Å²) in [6.45, 7) is 0. The molecular formula is C25H16BrClN2O2S. The van der Waals surface area contributed by atoms with Gasteiger partial charge in [-0.3, -0.25) is 9.69 Å². The summed E-state index contributed by atoms with van der Waals surface area (Å²) in [5, 5.41) is 1.55. The van der Waals surface area contributed by atoms with Crippen molar-refractivity contribution in [1.82, 2.24) is 0 Å². The molecule has 1 amide bonds. The second-order valence-electron chi connectivity index (χ2n) is 7.10. The van der Waals surface area contributed by atoms with E-state index in [9.17, 15) is 4.79 Å². The first-order chi connectivity index (χ1) is 15.5. The van der Waals surface area contributed by atoms with Gasteiger partial charge in [0.1, 0.15) is 11.4 Å². The van der Waals surface area contributed by atoms with Crippen LogP contribution in [0.3, 0.4) is 0 Å². The molecule has 0 saturated heterocycles. The number of benzene rings is 3. The molecule has 0 fully saturated rings. The van der Waals surface area contributed by atoms with Crippen molar-refractivity contribution in [1.29, 1.82) is 0 Å². The third-order valence-electron chi connectivity index (χ3n) is 5.10. The zero-order valence-corrected chi connectivity index (χ0v) is 20.0. The van der Waals surface area contributed by atoms with Crippen molar-refractivity contribution in [3.8, 4) is 5.75 Å². The number of thiophene rings is 1. The van der Waals surface area contributed by atoms with E-state index in [1.807, 2.05) is 72.8 Å². The number of methoxy groups -OCH3 is 1. The smallest absolute Gasteiger partial charge is 0.282 e. The summed E-state index contributed by atoms with van der Waals surface area (Å²) in [5.41, 5.74) is 1.94. The second kappa shape index (κ2) is 8.54. The molecular weight excluding hydrogens is 508 g/mol. The number of hydrogen-bond donors (Lipinski definition) is 0. The molecule has 1 aromatic heterocycles. The summed E-state index contributed by atoms with van der Waals surface area (Å²) in [7, 11) is 1.61. The molecule has 2 heterocycles. The fraction of sp³-hybridized carbons (Fsp3) is 0.0400. The highest BCUT2D eigenvalue weighted by Crippen LogP contribution is 2.39. The van der Waals surface area contributed by atoms with Crippen LogP contribution in [0.5, 0.6) is 5.75 Å². The molecule has 0 N–H and O–H groups in total. The summed E-state index contributed by atoms with van der Waals surface area (Å²) in [6.07, 6.45) is 1.79. The predicted octanol–water partition coefficient (Wildman–Crippen LogP) is 7.16. The molecule has 5 rings (SSSR count). The lowest BCUT2D eigenvalue weighted by Gasteiger charge is -2.18. The first-order valence-corrected chi connectivity index (χ1v) is 11.8. The topological polar surface area (TPSA) is 41.9 Å².